The summed E-state index contributed by atoms with van der Waals surface area (Å²) in [5, 5.41) is 0. The van der Waals surface area contributed by atoms with Crippen molar-refractivity contribution < 1.29 is 13.2 Å². The number of fused-ring (bicyclic) bond motifs is 2. The van der Waals surface area contributed by atoms with E-state index in [1.807, 2.05) is 18.2 Å². The van der Waals surface area contributed by atoms with Crippen LogP contribution in [0.15, 0.2) is 53.7 Å². The van der Waals surface area contributed by atoms with E-state index in [2.05, 4.69) is 24.8 Å². The highest BCUT2D eigenvalue weighted by Gasteiger charge is 2.27. The molecule has 1 N–H and O–H groups in total. The number of hydrogen-bond acceptors (Lipinski definition) is 7. The predicted octanol–water partition coefficient (Wildman–Crippen LogP) is 2.52. The van der Waals surface area contributed by atoms with Crippen molar-refractivity contribution in [3.8, 4) is 11.4 Å². The van der Waals surface area contributed by atoms with Gasteiger partial charge in [0, 0.05) is 51.2 Å². The molecule has 0 unspecified atom stereocenters. The molecule has 3 aromatic heterocycles. The third-order valence-electron chi connectivity index (χ3n) is 5.97. The molecule has 4 aromatic rings. The Bertz CT molecular complexity index is 1390. The lowest BCUT2D eigenvalue weighted by molar-refractivity contribution is 0.151. The number of hydrogen-bond donors (Lipinski definition) is 1. The number of methoxy groups -OCH3 is 1. The fourth-order valence-corrected chi connectivity index (χ4v) is 5.65. The largest absolute Gasteiger partial charge is 0.383 e. The normalized spacial score (nSPS) is 16.4. The summed E-state index contributed by atoms with van der Waals surface area (Å²) < 4.78 is 33.5. The van der Waals surface area contributed by atoms with Crippen molar-refractivity contribution in [1.82, 2.24) is 29.1 Å². The van der Waals surface area contributed by atoms with Gasteiger partial charge in [0.15, 0.2) is 0 Å². The fraction of sp³-hybridized carbons (Fsp3) is 0.348. The van der Waals surface area contributed by atoms with Crippen LogP contribution < -0.4 is 0 Å². The highest BCUT2D eigenvalue weighted by molar-refractivity contribution is 7.89. The molecule has 0 aliphatic carbocycles. The molecule has 0 spiro atoms. The molecule has 0 saturated carbocycles. The van der Waals surface area contributed by atoms with Crippen molar-refractivity contribution in [2.45, 2.75) is 11.3 Å². The molecule has 1 aromatic carbocycles. The summed E-state index contributed by atoms with van der Waals surface area (Å²) in [6.45, 7) is 4.00. The van der Waals surface area contributed by atoms with Crippen LogP contribution in [0, 0.1) is 0 Å². The molecule has 33 heavy (non-hydrogen) atoms. The average molecular weight is 467 g/mol. The summed E-state index contributed by atoms with van der Waals surface area (Å²) in [7, 11) is -1.92. The molecule has 0 amide bonds. The minimum atomic E-state index is -3.60. The maximum absolute atomic E-state index is 13.4. The van der Waals surface area contributed by atoms with E-state index in [0.29, 0.717) is 43.1 Å². The lowest BCUT2D eigenvalue weighted by Crippen LogP contribution is -2.36. The van der Waals surface area contributed by atoms with Crippen molar-refractivity contribution in [3.05, 3.63) is 48.8 Å². The lowest BCUT2D eigenvalue weighted by atomic mass is 10.2. The van der Waals surface area contributed by atoms with Crippen LogP contribution in [0.3, 0.4) is 0 Å². The van der Waals surface area contributed by atoms with Gasteiger partial charge in [0.25, 0.3) is 0 Å². The van der Waals surface area contributed by atoms with Crippen LogP contribution in [0.4, 0.5) is 0 Å². The summed E-state index contributed by atoms with van der Waals surface area (Å²) >= 11 is 0. The first-order valence-corrected chi connectivity index (χ1v) is 12.4. The van der Waals surface area contributed by atoms with E-state index < -0.39 is 10.0 Å². The molecule has 1 aliphatic rings. The number of ether oxygens (including phenoxy) is 1. The monoisotopic (exact) mass is 466 g/mol. The average Bonchev–Trinajstić information content (AvgIpc) is 3.12. The summed E-state index contributed by atoms with van der Waals surface area (Å²) in [5.74, 6) is 0.628. The van der Waals surface area contributed by atoms with Gasteiger partial charge in [-0.05, 0) is 49.4 Å². The Labute approximate surface area is 192 Å². The first kappa shape index (κ1) is 21.9. The summed E-state index contributed by atoms with van der Waals surface area (Å²) in [4.78, 5) is 19.2. The Morgan fingerprint density at radius 1 is 1.03 bits per heavy atom. The zero-order valence-corrected chi connectivity index (χ0v) is 19.3. The topological polar surface area (TPSA) is 104 Å². The maximum atomic E-state index is 13.4. The van der Waals surface area contributed by atoms with Gasteiger partial charge in [0.1, 0.15) is 5.82 Å². The second-order valence-electron chi connectivity index (χ2n) is 8.12. The molecule has 9 nitrogen and oxygen atoms in total. The number of imidazole rings is 1. The van der Waals surface area contributed by atoms with Crippen LogP contribution in [-0.2, 0) is 14.8 Å². The molecule has 1 fully saturated rings. The molecule has 4 heterocycles. The Hall–Kier alpha value is -2.92. The van der Waals surface area contributed by atoms with Gasteiger partial charge in [-0.15, -0.1) is 0 Å². The molecule has 1 saturated heterocycles. The van der Waals surface area contributed by atoms with Gasteiger partial charge in [-0.2, -0.15) is 4.31 Å². The Morgan fingerprint density at radius 3 is 2.82 bits per heavy atom. The second-order valence-corrected chi connectivity index (χ2v) is 10.1. The molecule has 10 heteroatoms. The van der Waals surface area contributed by atoms with Crippen LogP contribution in [0.25, 0.3) is 33.5 Å². The quantitative estimate of drug-likeness (QED) is 0.466. The fourth-order valence-electron chi connectivity index (χ4n) is 4.15. The van der Waals surface area contributed by atoms with E-state index in [4.69, 9.17) is 4.74 Å². The number of sulfonamides is 1. The summed E-state index contributed by atoms with van der Waals surface area (Å²) in [5.41, 5.74) is 3.75. The number of benzene rings is 1. The number of pyridine rings is 2. The molecule has 172 valence electrons. The lowest BCUT2D eigenvalue weighted by Gasteiger charge is -2.21. The first-order valence-electron chi connectivity index (χ1n) is 11.0. The third-order valence-corrected chi connectivity index (χ3v) is 7.87. The van der Waals surface area contributed by atoms with Crippen molar-refractivity contribution >= 4 is 32.1 Å². The predicted molar refractivity (Wildman–Crippen MR) is 126 cm³/mol. The number of rotatable bonds is 6. The van der Waals surface area contributed by atoms with Gasteiger partial charge in [0.05, 0.1) is 33.6 Å². The first-order chi connectivity index (χ1) is 16.0. The Balaban J connectivity index is 1.40. The number of H-pyrrole nitrogens is 1. The maximum Gasteiger partial charge on any atom is 0.243 e. The molecular weight excluding hydrogens is 440 g/mol. The molecule has 1 aliphatic heterocycles. The molecule has 5 rings (SSSR count). The van der Waals surface area contributed by atoms with Crippen LogP contribution in [0.1, 0.15) is 6.42 Å². The van der Waals surface area contributed by atoms with E-state index in [9.17, 15) is 8.42 Å². The number of aromatic amines is 1. The van der Waals surface area contributed by atoms with Crippen LogP contribution in [0.5, 0.6) is 0 Å². The minimum absolute atomic E-state index is 0.272. The van der Waals surface area contributed by atoms with Crippen molar-refractivity contribution in [1.29, 1.82) is 0 Å². The van der Waals surface area contributed by atoms with E-state index in [1.165, 1.54) is 0 Å². The molecule has 0 bridgehead atoms. The molecule has 0 radical (unpaired) electrons. The van der Waals surface area contributed by atoms with Gasteiger partial charge in [0.2, 0.25) is 10.0 Å². The van der Waals surface area contributed by atoms with Gasteiger partial charge in [-0.3, -0.25) is 14.9 Å². The van der Waals surface area contributed by atoms with Crippen molar-refractivity contribution in [2.24, 2.45) is 0 Å². The standard InChI is InChI=1S/C23H26N6O3S/c1-32-13-12-28-8-3-9-29(11-10-28)33(30,31)18-5-6-20-22(15-18)27-23(26-20)17-14-21-19(25-16-17)4-2-7-24-21/h2,4-7,14-16H,3,8-13H2,1H3,(H,26,27). The Kier molecular flexibility index (Phi) is 6.07. The number of nitrogens with one attached hydrogen (secondary N) is 1. The summed E-state index contributed by atoms with van der Waals surface area (Å²) in [6.07, 6.45) is 4.26. The zero-order chi connectivity index (χ0) is 22.8. The highest BCUT2D eigenvalue weighted by Crippen LogP contribution is 2.26. The minimum Gasteiger partial charge on any atom is -0.383 e. The van der Waals surface area contributed by atoms with Crippen molar-refractivity contribution in [3.63, 3.8) is 0 Å². The van der Waals surface area contributed by atoms with Gasteiger partial charge in [-0.1, -0.05) is 0 Å². The third kappa shape index (κ3) is 4.47. The van der Waals surface area contributed by atoms with Gasteiger partial charge in [-0.25, -0.2) is 13.4 Å². The smallest absolute Gasteiger partial charge is 0.243 e. The van der Waals surface area contributed by atoms with E-state index in [-0.39, 0.29) is 4.90 Å². The van der Waals surface area contributed by atoms with Crippen molar-refractivity contribution in [2.75, 3.05) is 46.4 Å². The van der Waals surface area contributed by atoms with Crippen LogP contribution in [-0.4, -0.2) is 84.0 Å². The summed E-state index contributed by atoms with van der Waals surface area (Å²) in [6, 6.07) is 10.7. The van der Waals surface area contributed by atoms with Crippen LogP contribution in [0.2, 0.25) is 0 Å². The van der Waals surface area contributed by atoms with E-state index >= 15 is 0 Å². The number of nitrogens with zero attached hydrogens (tertiary/aromatic N) is 5. The van der Waals surface area contributed by atoms with E-state index in [1.54, 1.807) is 42.0 Å². The second kappa shape index (κ2) is 9.14. The van der Waals surface area contributed by atoms with Gasteiger partial charge >= 0.3 is 0 Å². The van der Waals surface area contributed by atoms with E-state index in [0.717, 1.165) is 36.1 Å². The zero-order valence-electron chi connectivity index (χ0n) is 18.4. The SMILES string of the molecule is COCCN1CCCN(S(=O)(=O)c2ccc3nc(-c4cnc5cccnc5c4)[nH]c3c2)CC1. The number of aromatic nitrogens is 4. The molecule has 0 atom stereocenters. The Morgan fingerprint density at radius 2 is 1.94 bits per heavy atom. The van der Waals surface area contributed by atoms with Gasteiger partial charge < -0.3 is 9.72 Å². The molecular formula is C23H26N6O3S. The highest BCUT2D eigenvalue weighted by atomic mass is 32.2. The van der Waals surface area contributed by atoms with Crippen LogP contribution >= 0.6 is 0 Å².